The highest BCUT2D eigenvalue weighted by atomic mass is 79.9. The van der Waals surface area contributed by atoms with Crippen molar-refractivity contribution in [1.29, 1.82) is 0 Å². The Morgan fingerprint density at radius 2 is 2.28 bits per heavy atom. The number of nitrogens with zero attached hydrogens (tertiary/aromatic N) is 3. The van der Waals surface area contributed by atoms with Gasteiger partial charge in [0.1, 0.15) is 16.6 Å². The summed E-state index contributed by atoms with van der Waals surface area (Å²) in [5.74, 6) is 6.81. The fraction of sp³-hybridized carbons (Fsp3) is 0.556. The number of hydrazine groups is 1. The van der Waals surface area contributed by atoms with Crippen molar-refractivity contribution in [2.24, 2.45) is 5.84 Å². The predicted octanol–water partition coefficient (Wildman–Crippen LogP) is 0.148. The van der Waals surface area contributed by atoms with Crippen LogP contribution in [0.2, 0.25) is 0 Å². The second-order valence-corrected chi connectivity index (χ2v) is 7.19. The molecule has 1 aliphatic heterocycles. The lowest BCUT2D eigenvalue weighted by Gasteiger charge is -2.25. The number of anilines is 2. The normalized spacial score (nSPS) is 21.8. The number of halogens is 1. The zero-order valence-electron chi connectivity index (χ0n) is 9.80. The van der Waals surface area contributed by atoms with E-state index in [1.807, 2.05) is 11.9 Å². The van der Waals surface area contributed by atoms with Gasteiger partial charge in [-0.3, -0.25) is 0 Å². The molecule has 1 aliphatic rings. The summed E-state index contributed by atoms with van der Waals surface area (Å²) in [5.41, 5.74) is 2.45. The second kappa shape index (κ2) is 4.98. The molecule has 7 nitrogen and oxygen atoms in total. The van der Waals surface area contributed by atoms with Crippen LogP contribution in [0.25, 0.3) is 0 Å². The van der Waals surface area contributed by atoms with E-state index in [0.29, 0.717) is 22.5 Å². The minimum absolute atomic E-state index is 0.0631. The van der Waals surface area contributed by atoms with Crippen LogP contribution in [0.15, 0.2) is 10.8 Å². The average Bonchev–Trinajstić information content (AvgIpc) is 2.69. The van der Waals surface area contributed by atoms with Crippen molar-refractivity contribution in [1.82, 2.24) is 9.97 Å². The summed E-state index contributed by atoms with van der Waals surface area (Å²) in [6.45, 7) is 0. The topological polar surface area (TPSA) is 101 Å². The van der Waals surface area contributed by atoms with Gasteiger partial charge in [-0.2, -0.15) is 0 Å². The lowest BCUT2D eigenvalue weighted by molar-refractivity contribution is 0.600. The van der Waals surface area contributed by atoms with Gasteiger partial charge in [-0.15, -0.1) is 0 Å². The Morgan fingerprint density at radius 3 is 2.83 bits per heavy atom. The van der Waals surface area contributed by atoms with Crippen molar-refractivity contribution < 1.29 is 8.42 Å². The standard InChI is InChI=1S/C9H14BrN5O2S/c1-15(6-2-3-18(16,17)4-6)9-7(10)8(14-11)12-5-13-9/h5-6H,2-4,11H2,1H3,(H,12,13,14). The predicted molar refractivity (Wildman–Crippen MR) is 73.0 cm³/mol. The van der Waals surface area contributed by atoms with Crippen LogP contribution in [0, 0.1) is 0 Å². The van der Waals surface area contributed by atoms with Gasteiger partial charge in [0.2, 0.25) is 0 Å². The van der Waals surface area contributed by atoms with E-state index < -0.39 is 9.84 Å². The first-order valence-corrected chi connectivity index (χ1v) is 7.96. The van der Waals surface area contributed by atoms with E-state index in [1.165, 1.54) is 6.33 Å². The number of rotatable bonds is 3. The van der Waals surface area contributed by atoms with Crippen molar-refractivity contribution in [3.05, 3.63) is 10.8 Å². The van der Waals surface area contributed by atoms with Gasteiger partial charge in [-0.1, -0.05) is 0 Å². The highest BCUT2D eigenvalue weighted by Gasteiger charge is 2.32. The van der Waals surface area contributed by atoms with Crippen molar-refractivity contribution >= 4 is 37.4 Å². The first-order chi connectivity index (χ1) is 8.44. The van der Waals surface area contributed by atoms with E-state index in [2.05, 4.69) is 31.3 Å². The fourth-order valence-electron chi connectivity index (χ4n) is 1.96. The molecular weight excluding hydrogens is 322 g/mol. The van der Waals surface area contributed by atoms with Crippen molar-refractivity contribution in [2.45, 2.75) is 12.5 Å². The molecule has 1 aromatic heterocycles. The molecule has 2 rings (SSSR count). The number of nitrogen functional groups attached to an aromatic ring is 1. The average molecular weight is 336 g/mol. The lowest BCUT2D eigenvalue weighted by Crippen LogP contribution is -2.33. The molecule has 1 saturated heterocycles. The minimum atomic E-state index is -2.92. The first-order valence-electron chi connectivity index (χ1n) is 5.35. The SMILES string of the molecule is CN(c1ncnc(NN)c1Br)C1CCS(=O)(=O)C1. The molecule has 0 spiro atoms. The molecule has 0 saturated carbocycles. The Hall–Kier alpha value is -0.930. The third kappa shape index (κ3) is 2.57. The number of hydrogen-bond acceptors (Lipinski definition) is 7. The highest BCUT2D eigenvalue weighted by molar-refractivity contribution is 9.10. The van der Waals surface area contributed by atoms with Gasteiger partial charge < -0.3 is 10.3 Å². The van der Waals surface area contributed by atoms with Crippen LogP contribution in [0.5, 0.6) is 0 Å². The summed E-state index contributed by atoms with van der Waals surface area (Å²) in [6.07, 6.45) is 2.00. The number of hydrogen-bond donors (Lipinski definition) is 2. The van der Waals surface area contributed by atoms with Gasteiger partial charge >= 0.3 is 0 Å². The van der Waals surface area contributed by atoms with Gasteiger partial charge in [0.05, 0.1) is 11.5 Å². The summed E-state index contributed by atoms with van der Waals surface area (Å²) < 4.78 is 23.6. The molecule has 1 unspecified atom stereocenters. The molecule has 100 valence electrons. The molecule has 9 heteroatoms. The number of sulfone groups is 1. The van der Waals surface area contributed by atoms with Gasteiger partial charge in [-0.05, 0) is 22.4 Å². The van der Waals surface area contributed by atoms with Gasteiger partial charge in [0.15, 0.2) is 15.7 Å². The monoisotopic (exact) mass is 335 g/mol. The summed E-state index contributed by atoms with van der Waals surface area (Å²) in [7, 11) is -1.10. The summed E-state index contributed by atoms with van der Waals surface area (Å²) >= 11 is 3.36. The third-order valence-corrected chi connectivity index (χ3v) is 5.48. The van der Waals surface area contributed by atoms with Crippen LogP contribution >= 0.6 is 15.9 Å². The zero-order chi connectivity index (χ0) is 13.3. The molecule has 1 atom stereocenters. The maximum atomic E-state index is 11.5. The third-order valence-electron chi connectivity index (χ3n) is 3.00. The maximum absolute atomic E-state index is 11.5. The molecule has 3 N–H and O–H groups in total. The van der Waals surface area contributed by atoms with Crippen molar-refractivity contribution in [3.63, 3.8) is 0 Å². The molecule has 0 bridgehead atoms. The molecular formula is C9H14BrN5O2S. The second-order valence-electron chi connectivity index (χ2n) is 4.17. The summed E-state index contributed by atoms with van der Waals surface area (Å²) in [5, 5.41) is 0. The molecule has 0 aliphatic carbocycles. The Balaban J connectivity index is 2.27. The highest BCUT2D eigenvalue weighted by Crippen LogP contribution is 2.31. The Bertz CT molecular complexity index is 550. The van der Waals surface area contributed by atoms with Crippen LogP contribution in [0.4, 0.5) is 11.6 Å². The Morgan fingerprint density at radius 1 is 1.56 bits per heavy atom. The van der Waals surface area contributed by atoms with Gasteiger partial charge in [0, 0.05) is 13.1 Å². The van der Waals surface area contributed by atoms with E-state index in [9.17, 15) is 8.42 Å². The molecule has 0 amide bonds. The van der Waals surface area contributed by atoms with E-state index in [1.54, 1.807) is 0 Å². The molecule has 0 aromatic carbocycles. The Labute approximate surface area is 114 Å². The summed E-state index contributed by atoms with van der Waals surface area (Å²) in [6, 6.07) is -0.0631. The van der Waals surface area contributed by atoms with Crippen LogP contribution < -0.4 is 16.2 Å². The number of nitrogens with one attached hydrogen (secondary N) is 1. The quantitative estimate of drug-likeness (QED) is 0.598. The van der Waals surface area contributed by atoms with Crippen LogP contribution in [0.3, 0.4) is 0 Å². The summed E-state index contributed by atoms with van der Waals surface area (Å²) in [4.78, 5) is 9.96. The van der Waals surface area contributed by atoms with Crippen molar-refractivity contribution in [3.8, 4) is 0 Å². The Kier molecular flexibility index (Phi) is 3.74. The molecule has 1 fully saturated rings. The fourth-order valence-corrected chi connectivity index (χ4v) is 4.33. The van der Waals surface area contributed by atoms with E-state index in [0.717, 1.165) is 0 Å². The van der Waals surface area contributed by atoms with E-state index >= 15 is 0 Å². The zero-order valence-corrected chi connectivity index (χ0v) is 12.2. The van der Waals surface area contributed by atoms with E-state index in [-0.39, 0.29) is 17.5 Å². The molecule has 0 radical (unpaired) electrons. The number of aromatic nitrogens is 2. The van der Waals surface area contributed by atoms with Gasteiger partial charge in [0.25, 0.3) is 0 Å². The largest absolute Gasteiger partial charge is 0.355 e. The first kappa shape index (κ1) is 13.5. The molecule has 18 heavy (non-hydrogen) atoms. The van der Waals surface area contributed by atoms with Crippen molar-refractivity contribution in [2.75, 3.05) is 28.9 Å². The van der Waals surface area contributed by atoms with E-state index in [4.69, 9.17) is 5.84 Å². The number of nitrogens with two attached hydrogens (primary N) is 1. The molecule has 2 heterocycles. The minimum Gasteiger partial charge on any atom is -0.355 e. The van der Waals surface area contributed by atoms with Crippen LogP contribution in [-0.4, -0.2) is 43.0 Å². The molecule has 1 aromatic rings. The van der Waals surface area contributed by atoms with Crippen LogP contribution in [0.1, 0.15) is 6.42 Å². The lowest BCUT2D eigenvalue weighted by atomic mass is 10.2. The van der Waals surface area contributed by atoms with Crippen LogP contribution in [-0.2, 0) is 9.84 Å². The maximum Gasteiger partial charge on any atom is 0.159 e. The smallest absolute Gasteiger partial charge is 0.159 e. The van der Waals surface area contributed by atoms with Gasteiger partial charge in [-0.25, -0.2) is 24.2 Å².